The summed E-state index contributed by atoms with van der Waals surface area (Å²) in [5.74, 6) is 0.351. The minimum Gasteiger partial charge on any atom is -0.368 e. The van der Waals surface area contributed by atoms with E-state index in [9.17, 15) is 14.9 Å². The molecule has 1 amide bonds. The molecule has 2 aliphatic rings. The number of piperazine rings is 1. The lowest BCUT2D eigenvalue weighted by atomic mass is 9.98. The fraction of sp³-hybridized carbons (Fsp3) is 0.562. The molecular formula is C16H22N4O3. The van der Waals surface area contributed by atoms with Crippen LogP contribution in [-0.4, -0.2) is 55.0 Å². The zero-order chi connectivity index (χ0) is 16.2. The molecule has 3 rings (SSSR count). The molecule has 7 nitrogen and oxygen atoms in total. The van der Waals surface area contributed by atoms with Crippen LogP contribution in [0.15, 0.2) is 24.3 Å². The second-order valence-corrected chi connectivity index (χ2v) is 6.13. The van der Waals surface area contributed by atoms with Gasteiger partial charge in [-0.15, -0.1) is 0 Å². The lowest BCUT2D eigenvalue weighted by molar-refractivity contribution is -0.384. The molecule has 0 saturated carbocycles. The van der Waals surface area contributed by atoms with Crippen molar-refractivity contribution in [1.29, 1.82) is 0 Å². The van der Waals surface area contributed by atoms with Crippen LogP contribution in [0.1, 0.15) is 12.8 Å². The number of nitro benzene ring substituents is 1. The summed E-state index contributed by atoms with van der Waals surface area (Å²) in [4.78, 5) is 27.1. The molecule has 2 saturated heterocycles. The van der Waals surface area contributed by atoms with Crippen molar-refractivity contribution in [2.75, 3.05) is 44.2 Å². The maximum atomic E-state index is 12.5. The molecule has 0 unspecified atom stereocenters. The van der Waals surface area contributed by atoms with Gasteiger partial charge >= 0.3 is 0 Å². The number of nitro groups is 1. The maximum absolute atomic E-state index is 12.5. The molecule has 0 aliphatic carbocycles. The second-order valence-electron chi connectivity index (χ2n) is 6.13. The molecule has 0 aromatic heterocycles. The number of non-ortho nitro benzene ring substituents is 1. The van der Waals surface area contributed by atoms with Gasteiger partial charge in [-0.25, -0.2) is 0 Å². The van der Waals surface area contributed by atoms with Crippen LogP contribution in [0.25, 0.3) is 0 Å². The fourth-order valence-corrected chi connectivity index (χ4v) is 3.31. The molecule has 124 valence electrons. The maximum Gasteiger partial charge on any atom is 0.271 e. The summed E-state index contributed by atoms with van der Waals surface area (Å²) in [7, 11) is 0. The van der Waals surface area contributed by atoms with Crippen molar-refractivity contribution < 1.29 is 9.72 Å². The minimum atomic E-state index is -0.376. The number of carbonyl (C=O) groups excluding carboxylic acids is 1. The molecule has 2 fully saturated rings. The number of anilines is 1. The van der Waals surface area contributed by atoms with Gasteiger partial charge in [-0.3, -0.25) is 14.9 Å². The van der Waals surface area contributed by atoms with Crippen molar-refractivity contribution in [3.63, 3.8) is 0 Å². The van der Waals surface area contributed by atoms with Gasteiger partial charge in [0.1, 0.15) is 0 Å². The number of carbonyl (C=O) groups is 1. The molecule has 2 aliphatic heterocycles. The number of nitrogens with one attached hydrogen (secondary N) is 1. The van der Waals surface area contributed by atoms with Crippen LogP contribution in [-0.2, 0) is 4.79 Å². The first-order chi connectivity index (χ1) is 11.1. The average molecular weight is 318 g/mol. The summed E-state index contributed by atoms with van der Waals surface area (Å²) >= 11 is 0. The van der Waals surface area contributed by atoms with Crippen molar-refractivity contribution in [1.82, 2.24) is 10.2 Å². The van der Waals surface area contributed by atoms with E-state index in [4.69, 9.17) is 0 Å². The zero-order valence-corrected chi connectivity index (χ0v) is 13.1. The summed E-state index contributed by atoms with van der Waals surface area (Å²) < 4.78 is 0. The zero-order valence-electron chi connectivity index (χ0n) is 13.1. The first-order valence-corrected chi connectivity index (χ1v) is 8.14. The highest BCUT2D eigenvalue weighted by Gasteiger charge is 2.28. The molecule has 2 heterocycles. The van der Waals surface area contributed by atoms with Crippen LogP contribution in [0, 0.1) is 16.0 Å². The Balaban J connectivity index is 1.58. The summed E-state index contributed by atoms with van der Waals surface area (Å²) in [6.07, 6.45) is 2.03. The Morgan fingerprint density at radius 1 is 1.26 bits per heavy atom. The normalized spacial score (nSPS) is 22.0. The Kier molecular flexibility index (Phi) is 4.76. The Bertz CT molecular complexity index is 578. The highest BCUT2D eigenvalue weighted by atomic mass is 16.6. The van der Waals surface area contributed by atoms with Gasteiger partial charge in [0.15, 0.2) is 0 Å². The van der Waals surface area contributed by atoms with Crippen molar-refractivity contribution in [3.8, 4) is 0 Å². The standard InChI is InChI=1S/C16H22N4O3/c21-16(13-3-2-6-17-12-13)19-9-7-18(8-10-19)14-4-1-5-15(11-14)20(22)23/h1,4-5,11,13,17H,2-3,6-10,12H2/t13-/m1/s1. The molecule has 23 heavy (non-hydrogen) atoms. The molecule has 7 heteroatoms. The second kappa shape index (κ2) is 6.95. The van der Waals surface area contributed by atoms with Crippen LogP contribution < -0.4 is 10.2 Å². The van der Waals surface area contributed by atoms with Crippen molar-refractivity contribution in [2.45, 2.75) is 12.8 Å². The first-order valence-electron chi connectivity index (χ1n) is 8.14. The van der Waals surface area contributed by atoms with E-state index in [2.05, 4.69) is 10.2 Å². The third kappa shape index (κ3) is 3.61. The Labute approximate surface area is 135 Å². The lowest BCUT2D eigenvalue weighted by Gasteiger charge is -2.38. The Morgan fingerprint density at radius 3 is 2.70 bits per heavy atom. The topological polar surface area (TPSA) is 78.7 Å². The number of hydrogen-bond acceptors (Lipinski definition) is 5. The highest BCUT2D eigenvalue weighted by Crippen LogP contribution is 2.23. The molecular weight excluding hydrogens is 296 g/mol. The Hall–Kier alpha value is -2.15. The summed E-state index contributed by atoms with van der Waals surface area (Å²) in [6, 6.07) is 6.69. The van der Waals surface area contributed by atoms with Crippen LogP contribution in [0.4, 0.5) is 11.4 Å². The van der Waals surface area contributed by atoms with Gasteiger partial charge in [0.25, 0.3) is 5.69 Å². The lowest BCUT2D eigenvalue weighted by Crippen LogP contribution is -2.52. The molecule has 0 spiro atoms. The number of hydrogen-bond donors (Lipinski definition) is 1. The number of nitrogens with zero attached hydrogens (tertiary/aromatic N) is 3. The van der Waals surface area contributed by atoms with Gasteiger partial charge in [-0.05, 0) is 25.5 Å². The molecule has 1 aromatic rings. The predicted octanol–water partition coefficient (Wildman–Crippen LogP) is 1.24. The van der Waals surface area contributed by atoms with E-state index in [0.717, 1.165) is 31.6 Å². The SMILES string of the molecule is O=C([C@@H]1CCCNC1)N1CCN(c2cccc([N+](=O)[O-])c2)CC1. The highest BCUT2D eigenvalue weighted by molar-refractivity contribution is 5.79. The minimum absolute atomic E-state index is 0.105. The molecule has 1 aromatic carbocycles. The van der Waals surface area contributed by atoms with Crippen LogP contribution in [0.2, 0.25) is 0 Å². The van der Waals surface area contributed by atoms with Crippen LogP contribution in [0.3, 0.4) is 0 Å². The van der Waals surface area contributed by atoms with Crippen LogP contribution in [0.5, 0.6) is 0 Å². The molecule has 1 N–H and O–H groups in total. The van der Waals surface area contributed by atoms with Crippen molar-refractivity contribution in [3.05, 3.63) is 34.4 Å². The van der Waals surface area contributed by atoms with E-state index < -0.39 is 0 Å². The van der Waals surface area contributed by atoms with Gasteiger partial charge in [0.05, 0.1) is 10.8 Å². The van der Waals surface area contributed by atoms with E-state index in [0.29, 0.717) is 26.2 Å². The largest absolute Gasteiger partial charge is 0.368 e. The monoisotopic (exact) mass is 318 g/mol. The average Bonchev–Trinajstić information content (AvgIpc) is 2.62. The van der Waals surface area contributed by atoms with Gasteiger partial charge < -0.3 is 15.1 Å². The number of benzene rings is 1. The van der Waals surface area contributed by atoms with Gasteiger partial charge in [-0.2, -0.15) is 0 Å². The van der Waals surface area contributed by atoms with E-state index in [1.165, 1.54) is 6.07 Å². The number of rotatable bonds is 3. The molecule has 1 atom stereocenters. The van der Waals surface area contributed by atoms with Crippen molar-refractivity contribution in [2.24, 2.45) is 5.92 Å². The van der Waals surface area contributed by atoms with Gasteiger partial charge in [0, 0.05) is 50.5 Å². The van der Waals surface area contributed by atoms with Gasteiger partial charge in [0.2, 0.25) is 5.91 Å². The van der Waals surface area contributed by atoms with E-state index in [1.54, 1.807) is 12.1 Å². The van der Waals surface area contributed by atoms with E-state index in [1.807, 2.05) is 11.0 Å². The Morgan fingerprint density at radius 2 is 2.04 bits per heavy atom. The van der Waals surface area contributed by atoms with E-state index in [-0.39, 0.29) is 22.4 Å². The molecule has 0 radical (unpaired) electrons. The molecule has 0 bridgehead atoms. The first kappa shape index (κ1) is 15.7. The third-order valence-electron chi connectivity index (χ3n) is 4.64. The number of amides is 1. The smallest absolute Gasteiger partial charge is 0.271 e. The third-order valence-corrected chi connectivity index (χ3v) is 4.64. The predicted molar refractivity (Wildman–Crippen MR) is 87.5 cm³/mol. The summed E-state index contributed by atoms with van der Waals surface area (Å²) in [6.45, 7) is 4.57. The van der Waals surface area contributed by atoms with Gasteiger partial charge in [-0.1, -0.05) is 6.07 Å². The summed E-state index contributed by atoms with van der Waals surface area (Å²) in [5.41, 5.74) is 0.958. The quantitative estimate of drug-likeness (QED) is 0.670. The van der Waals surface area contributed by atoms with Crippen molar-refractivity contribution >= 4 is 17.3 Å². The van der Waals surface area contributed by atoms with Crippen LogP contribution >= 0.6 is 0 Å². The fourth-order valence-electron chi connectivity index (χ4n) is 3.31. The summed E-state index contributed by atoms with van der Waals surface area (Å²) in [5, 5.41) is 14.2. The van der Waals surface area contributed by atoms with E-state index >= 15 is 0 Å². The number of piperidine rings is 1.